The number of fused-ring (bicyclic) bond motifs is 1. The van der Waals surface area contributed by atoms with Gasteiger partial charge in [0.05, 0.1) is 21.6 Å². The Morgan fingerprint density at radius 2 is 1.45 bits per heavy atom. The number of ether oxygens (including phenoxy) is 1. The quantitative estimate of drug-likeness (QED) is 0.470. The molecular formula is C22H16N2O6S. The molecule has 1 heterocycles. The predicted octanol–water partition coefficient (Wildman–Crippen LogP) is 2.90. The Bertz CT molecular complexity index is 1250. The minimum Gasteiger partial charge on any atom is -0.440 e. The number of nitrogens with zero attached hydrogens (tertiary/aromatic N) is 1. The third-order valence-corrected chi connectivity index (χ3v) is 6.00. The van der Waals surface area contributed by atoms with Crippen LogP contribution in [0.1, 0.15) is 31.1 Å². The van der Waals surface area contributed by atoms with Gasteiger partial charge in [0.1, 0.15) is 0 Å². The second-order valence-corrected chi connectivity index (χ2v) is 8.33. The van der Waals surface area contributed by atoms with E-state index in [0.717, 1.165) is 4.90 Å². The average molecular weight is 436 g/mol. The molecule has 1 N–H and O–H groups in total. The Kier molecular flexibility index (Phi) is 5.26. The van der Waals surface area contributed by atoms with Gasteiger partial charge in [0.2, 0.25) is 0 Å². The van der Waals surface area contributed by atoms with E-state index in [-0.39, 0.29) is 27.3 Å². The number of nitrogens with one attached hydrogen (secondary N) is 1. The lowest BCUT2D eigenvalue weighted by atomic mass is 10.1. The molecule has 156 valence electrons. The molecule has 1 aliphatic rings. The standard InChI is InChI=1S/C22H16N2O6S/c25-20-18-11-4-5-12-19(18)21(26)24(20)14-30-22(27)15-7-6-8-16(13-15)23-31(28,29)17-9-2-1-3-10-17/h1-13,23H,14H2. The van der Waals surface area contributed by atoms with Gasteiger partial charge in [-0.2, -0.15) is 0 Å². The van der Waals surface area contributed by atoms with Crippen LogP contribution in [0.2, 0.25) is 0 Å². The molecule has 31 heavy (non-hydrogen) atoms. The van der Waals surface area contributed by atoms with Crippen LogP contribution in [0.15, 0.2) is 83.8 Å². The number of hydrogen-bond donors (Lipinski definition) is 1. The third kappa shape index (κ3) is 4.03. The molecule has 3 aromatic carbocycles. The monoisotopic (exact) mass is 436 g/mol. The fourth-order valence-corrected chi connectivity index (χ4v) is 4.16. The molecule has 8 nitrogen and oxygen atoms in total. The predicted molar refractivity (Wildman–Crippen MR) is 111 cm³/mol. The van der Waals surface area contributed by atoms with Crippen LogP contribution in [0.3, 0.4) is 0 Å². The molecule has 1 aliphatic heterocycles. The maximum absolute atomic E-state index is 12.5. The zero-order valence-corrected chi connectivity index (χ0v) is 16.8. The van der Waals surface area contributed by atoms with Gasteiger partial charge in [-0.3, -0.25) is 14.3 Å². The van der Waals surface area contributed by atoms with Crippen LogP contribution in [0.5, 0.6) is 0 Å². The zero-order chi connectivity index (χ0) is 22.0. The fraction of sp³-hybridized carbons (Fsp3) is 0.0455. The molecule has 0 spiro atoms. The smallest absolute Gasteiger partial charge is 0.339 e. The maximum atomic E-state index is 12.5. The van der Waals surface area contributed by atoms with Gasteiger partial charge in [0.25, 0.3) is 21.8 Å². The highest BCUT2D eigenvalue weighted by Crippen LogP contribution is 2.23. The van der Waals surface area contributed by atoms with Crippen LogP contribution in [0.25, 0.3) is 0 Å². The van der Waals surface area contributed by atoms with E-state index in [0.29, 0.717) is 0 Å². The Balaban J connectivity index is 1.45. The van der Waals surface area contributed by atoms with E-state index in [9.17, 15) is 22.8 Å². The van der Waals surface area contributed by atoms with E-state index < -0.39 is 34.5 Å². The normalized spacial score (nSPS) is 13.1. The fourth-order valence-electron chi connectivity index (χ4n) is 3.09. The van der Waals surface area contributed by atoms with Crippen molar-refractivity contribution in [3.8, 4) is 0 Å². The number of benzene rings is 3. The Labute approximate surface area is 178 Å². The molecule has 0 unspecified atom stereocenters. The summed E-state index contributed by atoms with van der Waals surface area (Å²) in [4.78, 5) is 38.0. The van der Waals surface area contributed by atoms with Crippen molar-refractivity contribution in [1.29, 1.82) is 0 Å². The molecule has 0 aliphatic carbocycles. The van der Waals surface area contributed by atoms with Gasteiger partial charge >= 0.3 is 5.97 Å². The lowest BCUT2D eigenvalue weighted by Gasteiger charge is -2.14. The minimum absolute atomic E-state index is 0.0601. The molecule has 0 saturated carbocycles. The molecule has 9 heteroatoms. The maximum Gasteiger partial charge on any atom is 0.339 e. The number of carbonyl (C=O) groups excluding carboxylic acids is 3. The molecule has 2 amide bonds. The van der Waals surface area contributed by atoms with Crippen molar-refractivity contribution in [2.45, 2.75) is 4.90 Å². The van der Waals surface area contributed by atoms with E-state index in [1.54, 1.807) is 30.3 Å². The highest BCUT2D eigenvalue weighted by atomic mass is 32.2. The van der Waals surface area contributed by atoms with E-state index >= 15 is 0 Å². The van der Waals surface area contributed by atoms with Crippen LogP contribution >= 0.6 is 0 Å². The van der Waals surface area contributed by atoms with Gasteiger partial charge in [-0.05, 0) is 42.5 Å². The highest BCUT2D eigenvalue weighted by molar-refractivity contribution is 7.92. The van der Waals surface area contributed by atoms with Crippen LogP contribution in [0, 0.1) is 0 Å². The average Bonchev–Trinajstić information content (AvgIpc) is 3.02. The van der Waals surface area contributed by atoms with Crippen LogP contribution in [-0.4, -0.2) is 37.8 Å². The molecule has 0 fully saturated rings. The highest BCUT2D eigenvalue weighted by Gasteiger charge is 2.35. The van der Waals surface area contributed by atoms with Crippen molar-refractivity contribution in [3.05, 3.63) is 95.6 Å². The second kappa shape index (κ2) is 8.04. The molecule has 4 rings (SSSR count). The van der Waals surface area contributed by atoms with E-state index in [1.807, 2.05) is 0 Å². The minimum atomic E-state index is -3.83. The number of carbonyl (C=O) groups is 3. The number of anilines is 1. The van der Waals surface area contributed by atoms with Gasteiger partial charge < -0.3 is 4.74 Å². The molecule has 0 bridgehead atoms. The van der Waals surface area contributed by atoms with Crippen LogP contribution < -0.4 is 4.72 Å². The summed E-state index contributed by atoms with van der Waals surface area (Å²) in [6, 6.07) is 19.8. The molecule has 0 radical (unpaired) electrons. The number of imide groups is 1. The topological polar surface area (TPSA) is 110 Å². The Morgan fingerprint density at radius 1 is 0.839 bits per heavy atom. The molecular weight excluding hydrogens is 420 g/mol. The largest absolute Gasteiger partial charge is 0.440 e. The Hall–Kier alpha value is -3.98. The summed E-state index contributed by atoms with van der Waals surface area (Å²) in [5, 5.41) is 0. The van der Waals surface area contributed by atoms with Gasteiger partial charge in [0.15, 0.2) is 6.73 Å². The molecule has 0 atom stereocenters. The van der Waals surface area contributed by atoms with Crippen molar-refractivity contribution in [3.63, 3.8) is 0 Å². The number of sulfonamides is 1. The zero-order valence-electron chi connectivity index (χ0n) is 16.0. The number of esters is 1. The third-order valence-electron chi connectivity index (χ3n) is 4.61. The van der Waals surface area contributed by atoms with Crippen LogP contribution in [-0.2, 0) is 14.8 Å². The summed E-state index contributed by atoms with van der Waals surface area (Å²) in [7, 11) is -3.83. The van der Waals surface area contributed by atoms with Crippen molar-refractivity contribution in [1.82, 2.24) is 4.90 Å². The number of hydrogen-bond acceptors (Lipinski definition) is 6. The van der Waals surface area contributed by atoms with Crippen molar-refractivity contribution < 1.29 is 27.5 Å². The summed E-state index contributed by atoms with van der Waals surface area (Å²) in [6.07, 6.45) is 0. The van der Waals surface area contributed by atoms with Gasteiger partial charge in [-0.25, -0.2) is 18.1 Å². The lowest BCUT2D eigenvalue weighted by molar-refractivity contribution is 0.0228. The first-order chi connectivity index (χ1) is 14.9. The van der Waals surface area contributed by atoms with E-state index in [1.165, 1.54) is 48.5 Å². The van der Waals surface area contributed by atoms with Crippen molar-refractivity contribution in [2.24, 2.45) is 0 Å². The first-order valence-electron chi connectivity index (χ1n) is 9.17. The van der Waals surface area contributed by atoms with Gasteiger partial charge in [-0.15, -0.1) is 0 Å². The van der Waals surface area contributed by atoms with E-state index in [2.05, 4.69) is 4.72 Å². The Morgan fingerprint density at radius 3 is 2.10 bits per heavy atom. The van der Waals surface area contributed by atoms with Gasteiger partial charge in [0, 0.05) is 5.69 Å². The van der Waals surface area contributed by atoms with Crippen molar-refractivity contribution >= 4 is 33.5 Å². The van der Waals surface area contributed by atoms with E-state index in [4.69, 9.17) is 4.74 Å². The summed E-state index contributed by atoms with van der Waals surface area (Å²) < 4.78 is 32.4. The molecule has 0 saturated heterocycles. The summed E-state index contributed by atoms with van der Waals surface area (Å²) in [5.41, 5.74) is 0.727. The second-order valence-electron chi connectivity index (χ2n) is 6.64. The van der Waals surface area contributed by atoms with Crippen molar-refractivity contribution in [2.75, 3.05) is 11.5 Å². The first-order valence-corrected chi connectivity index (χ1v) is 10.7. The molecule has 0 aromatic heterocycles. The summed E-state index contributed by atoms with van der Waals surface area (Å²) in [6.45, 7) is -0.550. The van der Waals surface area contributed by atoms with Gasteiger partial charge in [-0.1, -0.05) is 36.4 Å². The number of rotatable bonds is 6. The summed E-state index contributed by atoms with van der Waals surface area (Å²) >= 11 is 0. The lowest BCUT2D eigenvalue weighted by Crippen LogP contribution is -2.33. The SMILES string of the molecule is O=C(OCN1C(=O)c2ccccc2C1=O)c1cccc(NS(=O)(=O)c2ccccc2)c1. The van der Waals surface area contributed by atoms with Crippen LogP contribution in [0.4, 0.5) is 5.69 Å². The summed E-state index contributed by atoms with van der Waals surface area (Å²) in [5.74, 6) is -1.90. The number of amides is 2. The first kappa shape index (κ1) is 20.3. The molecule has 3 aromatic rings.